The van der Waals surface area contributed by atoms with Crippen molar-refractivity contribution in [1.82, 2.24) is 0 Å². The summed E-state index contributed by atoms with van der Waals surface area (Å²) in [6.45, 7) is 2.08. The Morgan fingerprint density at radius 1 is 1.06 bits per heavy atom. The molecule has 0 amide bonds. The van der Waals surface area contributed by atoms with Crippen LogP contribution in [-0.4, -0.2) is 25.1 Å². The molecule has 0 N–H and O–H groups in total. The normalized spacial score (nSPS) is 9.62. The molecule has 0 saturated heterocycles. The van der Waals surface area contributed by atoms with Crippen molar-refractivity contribution in [3.63, 3.8) is 0 Å². The lowest BCUT2D eigenvalue weighted by molar-refractivity contribution is 0.621. The molecule has 0 aliphatic heterocycles. The summed E-state index contributed by atoms with van der Waals surface area (Å²) < 4.78 is 27.9. The first-order valence-electron chi connectivity index (χ1n) is 4.04. The number of aryl methyl sites for hydroxylation is 1. The Morgan fingerprint density at radius 2 is 1.31 bits per heavy atom. The second-order valence-corrected chi connectivity index (χ2v) is 7.93. The molecule has 0 unspecified atom stereocenters. The Kier molecular flexibility index (Phi) is 11.5. The van der Waals surface area contributed by atoms with Crippen LogP contribution < -0.4 is 0 Å². The molecule has 1 aromatic rings. The smallest absolute Gasteiger partial charge is 0.260 e. The summed E-state index contributed by atoms with van der Waals surface area (Å²) in [5.74, 6) is 0. The fourth-order valence-electron chi connectivity index (χ4n) is 0.534. The van der Waals surface area contributed by atoms with Crippen LogP contribution in [0.15, 0.2) is 30.3 Å². The predicted octanol–water partition coefficient (Wildman–Crippen LogP) is 2.70. The third-order valence-electron chi connectivity index (χ3n) is 0.940. The average molecular weight is 305 g/mol. The highest BCUT2D eigenvalue weighted by atomic mass is 36.0. The van der Waals surface area contributed by atoms with E-state index in [1.807, 2.05) is 18.2 Å². The Morgan fingerprint density at radius 3 is 1.44 bits per heavy atom. The predicted molar refractivity (Wildman–Crippen MR) is 71.8 cm³/mol. The fraction of sp³-hybridized carbons (Fsp3) is 0.333. The van der Waals surface area contributed by atoms with E-state index in [1.54, 1.807) is 12.5 Å². The van der Waals surface area contributed by atoms with E-state index in [1.165, 1.54) is 5.56 Å². The van der Waals surface area contributed by atoms with Gasteiger partial charge in [0.15, 0.2) is 0 Å². The lowest BCUT2D eigenvalue weighted by Crippen LogP contribution is -1.70. The third kappa shape index (κ3) is 37.1. The van der Waals surface area contributed by atoms with Crippen LogP contribution in [0.2, 0.25) is 0 Å². The van der Waals surface area contributed by atoms with Gasteiger partial charge in [-0.1, -0.05) is 35.9 Å². The highest BCUT2D eigenvalue weighted by Crippen LogP contribution is 1.98. The Balaban J connectivity index is 0. The summed E-state index contributed by atoms with van der Waals surface area (Å²) in [6.07, 6.45) is 3.28. The largest absolute Gasteiger partial charge is 0.317 e. The molecule has 7 heteroatoms. The van der Waals surface area contributed by atoms with E-state index < -0.39 is 19.1 Å². The molecule has 0 aromatic heterocycles. The maximum absolute atomic E-state index is 9.56. The monoisotopic (exact) mass is 304 g/mol. The van der Waals surface area contributed by atoms with Gasteiger partial charge < -0.3 is 0 Å². The standard InChI is InChI=1S/C7H8.C2H6OS.Cl2O2S/c1-7-5-3-2-4-6-7;1-4(2)3;1-5(2,3)4/h2-6H,1H3;1-2H3;. The molecule has 1 aromatic carbocycles. The van der Waals surface area contributed by atoms with Gasteiger partial charge in [0.1, 0.15) is 0 Å². The quantitative estimate of drug-likeness (QED) is 0.693. The zero-order valence-electron chi connectivity index (χ0n) is 9.18. The number of hydrogen-bond acceptors (Lipinski definition) is 3. The van der Waals surface area contributed by atoms with Gasteiger partial charge >= 0.3 is 8.26 Å². The summed E-state index contributed by atoms with van der Waals surface area (Å²) in [6, 6.07) is 10.3. The van der Waals surface area contributed by atoms with E-state index >= 15 is 0 Å². The Hall–Kier alpha value is -0.100. The van der Waals surface area contributed by atoms with Crippen molar-refractivity contribution in [1.29, 1.82) is 0 Å². The van der Waals surface area contributed by atoms with Crippen molar-refractivity contribution >= 4 is 40.4 Å². The molecular formula is C9H14Cl2O3S2. The summed E-state index contributed by atoms with van der Waals surface area (Å²) in [4.78, 5) is 0. The summed E-state index contributed by atoms with van der Waals surface area (Å²) in [5, 5.41) is 0. The van der Waals surface area contributed by atoms with Crippen molar-refractivity contribution < 1.29 is 12.6 Å². The van der Waals surface area contributed by atoms with Gasteiger partial charge in [-0.05, 0) is 6.92 Å². The first kappa shape index (κ1) is 18.3. The van der Waals surface area contributed by atoms with Crippen molar-refractivity contribution in [3.05, 3.63) is 35.9 Å². The van der Waals surface area contributed by atoms with E-state index in [9.17, 15) is 4.21 Å². The molecule has 0 bridgehead atoms. The molecule has 0 radical (unpaired) electrons. The van der Waals surface area contributed by atoms with Crippen molar-refractivity contribution in [2.24, 2.45) is 0 Å². The van der Waals surface area contributed by atoms with Gasteiger partial charge in [0.25, 0.3) is 0 Å². The molecular weight excluding hydrogens is 291 g/mol. The van der Waals surface area contributed by atoms with Gasteiger partial charge in [-0.2, -0.15) is 8.42 Å². The second kappa shape index (κ2) is 10.1. The number of benzene rings is 1. The highest BCUT2D eigenvalue weighted by molar-refractivity contribution is 8.31. The molecule has 0 spiro atoms. The van der Waals surface area contributed by atoms with E-state index in [2.05, 4.69) is 40.4 Å². The lowest BCUT2D eigenvalue weighted by Gasteiger charge is -1.82. The second-order valence-electron chi connectivity index (χ2n) is 2.77. The maximum atomic E-state index is 9.56. The van der Waals surface area contributed by atoms with Crippen LogP contribution in [0.4, 0.5) is 0 Å². The molecule has 1 rings (SSSR count). The Labute approximate surface area is 108 Å². The topological polar surface area (TPSA) is 51.2 Å². The molecule has 0 aliphatic rings. The average Bonchev–Trinajstić information content (AvgIpc) is 2.00. The zero-order chi connectivity index (χ0) is 13.2. The lowest BCUT2D eigenvalue weighted by atomic mass is 10.2. The first-order chi connectivity index (χ1) is 7.13. The molecule has 0 fully saturated rings. The van der Waals surface area contributed by atoms with Crippen LogP contribution in [0.1, 0.15) is 5.56 Å². The van der Waals surface area contributed by atoms with Gasteiger partial charge in [-0.25, -0.2) is 0 Å². The van der Waals surface area contributed by atoms with Crippen molar-refractivity contribution in [2.45, 2.75) is 6.92 Å². The molecule has 0 atom stereocenters. The molecule has 3 nitrogen and oxygen atoms in total. The molecule has 0 heterocycles. The van der Waals surface area contributed by atoms with Crippen LogP contribution in [0, 0.1) is 6.92 Å². The molecule has 94 valence electrons. The van der Waals surface area contributed by atoms with Gasteiger partial charge in [0.2, 0.25) is 0 Å². The summed E-state index contributed by atoms with van der Waals surface area (Å²) in [5.41, 5.74) is 1.32. The van der Waals surface area contributed by atoms with Gasteiger partial charge in [0, 0.05) is 44.7 Å². The zero-order valence-corrected chi connectivity index (χ0v) is 12.3. The van der Waals surface area contributed by atoms with Crippen LogP contribution in [0.5, 0.6) is 0 Å². The molecule has 16 heavy (non-hydrogen) atoms. The van der Waals surface area contributed by atoms with E-state index in [0.717, 1.165) is 0 Å². The van der Waals surface area contributed by atoms with Gasteiger partial charge in [-0.3, -0.25) is 4.21 Å². The van der Waals surface area contributed by atoms with Crippen LogP contribution >= 0.6 is 21.4 Å². The van der Waals surface area contributed by atoms with E-state index in [-0.39, 0.29) is 0 Å². The molecule has 0 saturated carbocycles. The van der Waals surface area contributed by atoms with Crippen LogP contribution in [-0.2, 0) is 19.1 Å². The number of halogens is 2. The SMILES string of the molecule is CS(C)=O.Cc1ccccc1.O=S(=O)(Cl)Cl. The first-order valence-corrected chi connectivity index (χ1v) is 9.14. The van der Waals surface area contributed by atoms with Crippen LogP contribution in [0.3, 0.4) is 0 Å². The summed E-state index contributed by atoms with van der Waals surface area (Å²) >= 11 is 0. The minimum Gasteiger partial charge on any atom is -0.260 e. The van der Waals surface area contributed by atoms with Gasteiger partial charge in [0.05, 0.1) is 0 Å². The third-order valence-corrected chi connectivity index (χ3v) is 0.940. The maximum Gasteiger partial charge on any atom is 0.317 e. The summed E-state index contributed by atoms with van der Waals surface area (Å²) in [7, 11) is 4.20. The number of rotatable bonds is 0. The number of hydrogen-bond donors (Lipinski definition) is 0. The van der Waals surface area contributed by atoms with E-state index in [4.69, 9.17) is 8.42 Å². The van der Waals surface area contributed by atoms with Crippen LogP contribution in [0.25, 0.3) is 0 Å². The van der Waals surface area contributed by atoms with Crippen molar-refractivity contribution in [3.8, 4) is 0 Å². The molecule has 0 aliphatic carbocycles. The van der Waals surface area contributed by atoms with Gasteiger partial charge in [-0.15, -0.1) is 0 Å². The van der Waals surface area contributed by atoms with Crippen molar-refractivity contribution in [2.75, 3.05) is 12.5 Å². The highest BCUT2D eigenvalue weighted by Gasteiger charge is 1.88. The van der Waals surface area contributed by atoms with E-state index in [0.29, 0.717) is 0 Å². The minimum absolute atomic E-state index is 0.611. The minimum atomic E-state index is -3.72. The fourth-order valence-corrected chi connectivity index (χ4v) is 0.534. The Bertz CT molecular complexity index is 378.